The first-order valence-electron chi connectivity index (χ1n) is 4.59. The summed E-state index contributed by atoms with van der Waals surface area (Å²) in [5, 5.41) is 5.85. The minimum absolute atomic E-state index is 0.577. The Balaban J connectivity index is 2.46. The maximum atomic E-state index is 11.0. The Morgan fingerprint density at radius 1 is 1.13 bits per heavy atom. The SMILES string of the molecule is COC(=O)[N]c1cccc2ccccc12. The largest absolute Gasteiger partial charge is 0.451 e. The summed E-state index contributed by atoms with van der Waals surface area (Å²) in [5.74, 6) is 0. The van der Waals surface area contributed by atoms with Gasteiger partial charge in [0.15, 0.2) is 0 Å². The zero-order valence-electron chi connectivity index (χ0n) is 8.31. The number of carbonyl (C=O) groups excluding carboxylic acids is 1. The van der Waals surface area contributed by atoms with Crippen molar-refractivity contribution in [3.8, 4) is 0 Å². The molecule has 1 radical (unpaired) electrons. The second kappa shape index (κ2) is 4.00. The van der Waals surface area contributed by atoms with Crippen molar-refractivity contribution in [3.63, 3.8) is 0 Å². The molecule has 15 heavy (non-hydrogen) atoms. The van der Waals surface area contributed by atoms with Crippen molar-refractivity contribution in [1.82, 2.24) is 5.32 Å². The lowest BCUT2D eigenvalue weighted by atomic mass is 10.1. The molecular formula is C12H10NO2. The van der Waals surface area contributed by atoms with E-state index in [1.807, 2.05) is 36.4 Å². The number of rotatable bonds is 1. The molecule has 0 bridgehead atoms. The molecule has 0 aliphatic rings. The minimum atomic E-state index is -0.577. The molecule has 0 saturated heterocycles. The summed E-state index contributed by atoms with van der Waals surface area (Å²) >= 11 is 0. The Labute approximate surface area is 87.7 Å². The van der Waals surface area contributed by atoms with E-state index in [1.165, 1.54) is 7.11 Å². The first-order chi connectivity index (χ1) is 7.31. The predicted molar refractivity (Wildman–Crippen MR) is 58.1 cm³/mol. The van der Waals surface area contributed by atoms with E-state index in [4.69, 9.17) is 0 Å². The highest BCUT2D eigenvalue weighted by Gasteiger charge is 2.06. The van der Waals surface area contributed by atoms with E-state index in [9.17, 15) is 4.79 Å². The van der Waals surface area contributed by atoms with Crippen molar-refractivity contribution >= 4 is 22.6 Å². The molecule has 2 aromatic carbocycles. The van der Waals surface area contributed by atoms with Crippen LogP contribution in [0, 0.1) is 0 Å². The molecule has 0 spiro atoms. The van der Waals surface area contributed by atoms with Crippen LogP contribution in [0.1, 0.15) is 0 Å². The Hall–Kier alpha value is -2.03. The van der Waals surface area contributed by atoms with Gasteiger partial charge in [-0.2, -0.15) is 5.32 Å². The van der Waals surface area contributed by atoms with Crippen LogP contribution in [0.25, 0.3) is 10.8 Å². The average molecular weight is 200 g/mol. The molecule has 3 nitrogen and oxygen atoms in total. The highest BCUT2D eigenvalue weighted by atomic mass is 16.5. The zero-order chi connectivity index (χ0) is 10.7. The highest BCUT2D eigenvalue weighted by Crippen LogP contribution is 2.22. The molecule has 2 rings (SSSR count). The topological polar surface area (TPSA) is 40.4 Å². The molecular weight excluding hydrogens is 190 g/mol. The van der Waals surface area contributed by atoms with Gasteiger partial charge in [-0.25, -0.2) is 4.79 Å². The quantitative estimate of drug-likeness (QED) is 0.710. The van der Waals surface area contributed by atoms with E-state index < -0.39 is 6.09 Å². The second-order valence-corrected chi connectivity index (χ2v) is 3.08. The maximum Gasteiger partial charge on any atom is 0.433 e. The monoisotopic (exact) mass is 200 g/mol. The summed E-state index contributed by atoms with van der Waals surface area (Å²) in [4.78, 5) is 11.0. The zero-order valence-corrected chi connectivity index (χ0v) is 8.31. The third kappa shape index (κ3) is 1.91. The van der Waals surface area contributed by atoms with Crippen LogP contribution in [0.3, 0.4) is 0 Å². The van der Waals surface area contributed by atoms with Gasteiger partial charge in [0.25, 0.3) is 0 Å². The number of hydrogen-bond acceptors (Lipinski definition) is 2. The van der Waals surface area contributed by atoms with Gasteiger partial charge in [-0.1, -0.05) is 36.4 Å². The van der Waals surface area contributed by atoms with Gasteiger partial charge in [0.2, 0.25) is 0 Å². The third-order valence-electron chi connectivity index (χ3n) is 2.15. The lowest BCUT2D eigenvalue weighted by molar-refractivity contribution is 0.175. The number of ether oxygens (including phenoxy) is 1. The lowest BCUT2D eigenvalue weighted by Crippen LogP contribution is -2.09. The van der Waals surface area contributed by atoms with Crippen molar-refractivity contribution < 1.29 is 9.53 Å². The fourth-order valence-corrected chi connectivity index (χ4v) is 1.45. The Bertz CT molecular complexity index is 488. The third-order valence-corrected chi connectivity index (χ3v) is 2.15. The van der Waals surface area contributed by atoms with E-state index in [0.29, 0.717) is 5.69 Å². The predicted octanol–water partition coefficient (Wildman–Crippen LogP) is 2.84. The van der Waals surface area contributed by atoms with E-state index in [1.54, 1.807) is 6.07 Å². The van der Waals surface area contributed by atoms with Crippen molar-refractivity contribution in [2.24, 2.45) is 0 Å². The van der Waals surface area contributed by atoms with Gasteiger partial charge in [0, 0.05) is 5.39 Å². The highest BCUT2D eigenvalue weighted by molar-refractivity contribution is 5.95. The fraction of sp³-hybridized carbons (Fsp3) is 0.0833. The molecule has 0 N–H and O–H groups in total. The van der Waals surface area contributed by atoms with Gasteiger partial charge in [-0.15, -0.1) is 0 Å². The van der Waals surface area contributed by atoms with Crippen LogP contribution in [0.5, 0.6) is 0 Å². The van der Waals surface area contributed by atoms with Crippen LogP contribution >= 0.6 is 0 Å². The molecule has 0 fully saturated rings. The maximum absolute atomic E-state index is 11.0. The van der Waals surface area contributed by atoms with E-state index in [2.05, 4.69) is 10.1 Å². The number of methoxy groups -OCH3 is 1. The van der Waals surface area contributed by atoms with Crippen LogP contribution in [0.2, 0.25) is 0 Å². The fourth-order valence-electron chi connectivity index (χ4n) is 1.45. The standard InChI is InChI=1S/C12H10NO2/c1-15-12(14)13-11-8-4-6-9-5-2-3-7-10(9)11/h2-8H,1H3. The van der Waals surface area contributed by atoms with Crippen LogP contribution in [-0.2, 0) is 4.74 Å². The van der Waals surface area contributed by atoms with Gasteiger partial charge in [-0.05, 0) is 11.5 Å². The van der Waals surface area contributed by atoms with Gasteiger partial charge in [0.05, 0.1) is 12.8 Å². The molecule has 0 aliphatic heterocycles. The summed E-state index contributed by atoms with van der Waals surface area (Å²) in [6.45, 7) is 0. The summed E-state index contributed by atoms with van der Waals surface area (Å²) in [7, 11) is 1.32. The molecule has 1 amide bonds. The molecule has 3 heteroatoms. The first kappa shape index (κ1) is 9.52. The number of nitrogens with zero attached hydrogens (tertiary/aromatic N) is 1. The summed E-state index contributed by atoms with van der Waals surface area (Å²) in [6.07, 6.45) is -0.577. The Morgan fingerprint density at radius 2 is 1.87 bits per heavy atom. The minimum Gasteiger partial charge on any atom is -0.451 e. The normalized spacial score (nSPS) is 9.93. The van der Waals surface area contributed by atoms with Gasteiger partial charge in [0.1, 0.15) is 0 Å². The second-order valence-electron chi connectivity index (χ2n) is 3.08. The van der Waals surface area contributed by atoms with Crippen molar-refractivity contribution in [2.75, 3.05) is 7.11 Å². The van der Waals surface area contributed by atoms with E-state index in [-0.39, 0.29) is 0 Å². The summed E-state index contributed by atoms with van der Waals surface area (Å²) in [6, 6.07) is 13.4. The number of benzene rings is 2. The number of amides is 1. The van der Waals surface area contributed by atoms with Crippen molar-refractivity contribution in [3.05, 3.63) is 42.5 Å². The van der Waals surface area contributed by atoms with Crippen molar-refractivity contribution in [1.29, 1.82) is 0 Å². The molecule has 2 aromatic rings. The van der Waals surface area contributed by atoms with E-state index >= 15 is 0 Å². The van der Waals surface area contributed by atoms with Gasteiger partial charge < -0.3 is 4.74 Å². The van der Waals surface area contributed by atoms with Gasteiger partial charge in [-0.3, -0.25) is 0 Å². The van der Waals surface area contributed by atoms with Crippen molar-refractivity contribution in [2.45, 2.75) is 0 Å². The van der Waals surface area contributed by atoms with Crippen LogP contribution in [0.15, 0.2) is 42.5 Å². The number of carbonyl (C=O) groups is 1. The summed E-state index contributed by atoms with van der Waals surface area (Å²) < 4.78 is 4.50. The van der Waals surface area contributed by atoms with Crippen LogP contribution in [0.4, 0.5) is 10.5 Å². The molecule has 75 valence electrons. The molecule has 0 unspecified atom stereocenters. The Morgan fingerprint density at radius 3 is 2.67 bits per heavy atom. The van der Waals surface area contributed by atoms with E-state index in [0.717, 1.165) is 10.8 Å². The van der Waals surface area contributed by atoms with Gasteiger partial charge >= 0.3 is 6.09 Å². The average Bonchev–Trinajstić information content (AvgIpc) is 2.29. The molecule has 0 heterocycles. The summed E-state index contributed by atoms with van der Waals surface area (Å²) in [5.41, 5.74) is 0.639. The lowest BCUT2D eigenvalue weighted by Gasteiger charge is -2.04. The van der Waals surface area contributed by atoms with Crippen LogP contribution in [-0.4, -0.2) is 13.2 Å². The molecule has 0 aliphatic carbocycles. The molecule has 0 atom stereocenters. The molecule has 0 aromatic heterocycles. The first-order valence-corrected chi connectivity index (χ1v) is 4.59. The number of hydrogen-bond donors (Lipinski definition) is 0. The van der Waals surface area contributed by atoms with Crippen LogP contribution < -0.4 is 5.32 Å². The number of fused-ring (bicyclic) bond motifs is 1. The molecule has 0 saturated carbocycles. The smallest absolute Gasteiger partial charge is 0.433 e. The Kier molecular flexibility index (Phi) is 2.54.